The summed E-state index contributed by atoms with van der Waals surface area (Å²) in [6, 6.07) is 3.37. The van der Waals surface area contributed by atoms with Crippen LogP contribution in [-0.2, 0) is 9.59 Å². The van der Waals surface area contributed by atoms with Gasteiger partial charge in [-0.15, -0.1) is 0 Å². The van der Waals surface area contributed by atoms with Gasteiger partial charge in [-0.1, -0.05) is 11.6 Å². The molecule has 1 saturated heterocycles. The van der Waals surface area contributed by atoms with E-state index in [1.54, 1.807) is 0 Å². The van der Waals surface area contributed by atoms with Gasteiger partial charge in [0, 0.05) is 18.8 Å². The molecule has 1 heterocycles. The van der Waals surface area contributed by atoms with Gasteiger partial charge in [-0.05, 0) is 18.2 Å². The Labute approximate surface area is 114 Å². The summed E-state index contributed by atoms with van der Waals surface area (Å²) < 4.78 is 13.0. The Morgan fingerprint density at radius 2 is 2.26 bits per heavy atom. The fourth-order valence-electron chi connectivity index (χ4n) is 1.78. The molecule has 1 atom stereocenters. The third kappa shape index (κ3) is 3.65. The largest absolute Gasteiger partial charge is 0.353 e. The van der Waals surface area contributed by atoms with Gasteiger partial charge in [-0.25, -0.2) is 4.39 Å². The smallest absolute Gasteiger partial charge is 0.237 e. The minimum Gasteiger partial charge on any atom is -0.353 e. The van der Waals surface area contributed by atoms with E-state index in [-0.39, 0.29) is 23.3 Å². The Morgan fingerprint density at radius 3 is 2.95 bits per heavy atom. The second-order valence-corrected chi connectivity index (χ2v) is 4.59. The molecule has 1 aliphatic heterocycles. The summed E-state index contributed by atoms with van der Waals surface area (Å²) >= 11 is 5.61. The molecule has 0 spiro atoms. The monoisotopic (exact) mass is 285 g/mol. The van der Waals surface area contributed by atoms with Gasteiger partial charge in [0.25, 0.3) is 0 Å². The number of nitrogens with one attached hydrogen (secondary N) is 3. The molecule has 3 N–H and O–H groups in total. The summed E-state index contributed by atoms with van der Waals surface area (Å²) in [5.41, 5.74) is 0.396. The molecule has 1 aromatic carbocycles. The highest BCUT2D eigenvalue weighted by atomic mass is 35.5. The zero-order chi connectivity index (χ0) is 13.8. The highest BCUT2D eigenvalue weighted by Gasteiger charge is 2.24. The molecule has 2 rings (SSSR count). The number of rotatable bonds is 3. The van der Waals surface area contributed by atoms with Gasteiger partial charge in [-0.2, -0.15) is 0 Å². The van der Waals surface area contributed by atoms with Crippen LogP contribution in [0.15, 0.2) is 18.2 Å². The van der Waals surface area contributed by atoms with Gasteiger partial charge in [0.15, 0.2) is 0 Å². The second kappa shape index (κ2) is 5.99. The normalized spacial score (nSPS) is 18.8. The van der Waals surface area contributed by atoms with Crippen molar-refractivity contribution >= 4 is 29.1 Å². The van der Waals surface area contributed by atoms with Crippen molar-refractivity contribution in [2.24, 2.45) is 0 Å². The predicted molar refractivity (Wildman–Crippen MR) is 69.5 cm³/mol. The summed E-state index contributed by atoms with van der Waals surface area (Å²) in [6.07, 6.45) is 0.0147. The number of hydrogen-bond donors (Lipinski definition) is 3. The Balaban J connectivity index is 1.93. The van der Waals surface area contributed by atoms with Crippen LogP contribution in [0, 0.1) is 5.82 Å². The number of amides is 2. The van der Waals surface area contributed by atoms with Crippen molar-refractivity contribution in [1.29, 1.82) is 0 Å². The van der Waals surface area contributed by atoms with Crippen LogP contribution in [0.2, 0.25) is 5.02 Å². The number of piperazine rings is 1. The van der Waals surface area contributed by atoms with Gasteiger partial charge in [0.1, 0.15) is 5.82 Å². The fourth-order valence-corrected chi connectivity index (χ4v) is 1.96. The molecule has 19 heavy (non-hydrogen) atoms. The Kier molecular flexibility index (Phi) is 4.34. The molecular formula is C12H13ClFN3O2. The lowest BCUT2D eigenvalue weighted by atomic mass is 10.1. The van der Waals surface area contributed by atoms with Crippen LogP contribution in [0.5, 0.6) is 0 Å². The number of anilines is 1. The van der Waals surface area contributed by atoms with Crippen molar-refractivity contribution < 1.29 is 14.0 Å². The van der Waals surface area contributed by atoms with E-state index in [4.69, 9.17) is 11.6 Å². The molecule has 1 unspecified atom stereocenters. The van der Waals surface area contributed by atoms with Crippen molar-refractivity contribution in [3.63, 3.8) is 0 Å². The molecule has 0 aliphatic carbocycles. The van der Waals surface area contributed by atoms with E-state index in [1.165, 1.54) is 18.2 Å². The fraction of sp³-hybridized carbons (Fsp3) is 0.333. The second-order valence-electron chi connectivity index (χ2n) is 4.18. The molecule has 0 radical (unpaired) electrons. The maximum absolute atomic E-state index is 13.0. The maximum atomic E-state index is 13.0. The highest BCUT2D eigenvalue weighted by molar-refractivity contribution is 6.31. The van der Waals surface area contributed by atoms with E-state index in [1.807, 2.05) is 0 Å². The van der Waals surface area contributed by atoms with Gasteiger partial charge < -0.3 is 16.0 Å². The molecular weight excluding hydrogens is 273 g/mol. The molecule has 5 nitrogen and oxygen atoms in total. The maximum Gasteiger partial charge on any atom is 0.237 e. The summed E-state index contributed by atoms with van der Waals surface area (Å²) in [6.45, 7) is 1.19. The minimum atomic E-state index is -0.548. The summed E-state index contributed by atoms with van der Waals surface area (Å²) in [5.74, 6) is -1.08. The molecule has 0 saturated carbocycles. The summed E-state index contributed by atoms with van der Waals surface area (Å²) in [7, 11) is 0. The summed E-state index contributed by atoms with van der Waals surface area (Å²) in [5, 5.41) is 8.12. The predicted octanol–water partition coefficient (Wildman–Crippen LogP) is 0.896. The Morgan fingerprint density at radius 1 is 1.47 bits per heavy atom. The molecule has 2 amide bonds. The van der Waals surface area contributed by atoms with Crippen LogP contribution in [0.3, 0.4) is 0 Å². The van der Waals surface area contributed by atoms with Crippen LogP contribution in [-0.4, -0.2) is 30.9 Å². The molecule has 0 aromatic heterocycles. The zero-order valence-corrected chi connectivity index (χ0v) is 10.8. The third-order valence-corrected chi connectivity index (χ3v) is 3.01. The molecule has 102 valence electrons. The number of carbonyl (C=O) groups is 2. The molecule has 0 bridgehead atoms. The lowest BCUT2D eigenvalue weighted by Crippen LogP contribution is -2.53. The van der Waals surface area contributed by atoms with Crippen molar-refractivity contribution in [3.8, 4) is 0 Å². The van der Waals surface area contributed by atoms with Crippen molar-refractivity contribution in [3.05, 3.63) is 29.0 Å². The number of halogens is 2. The number of carbonyl (C=O) groups excluding carboxylic acids is 2. The van der Waals surface area contributed by atoms with Gasteiger partial charge in [0.2, 0.25) is 11.8 Å². The Hall–Kier alpha value is -1.66. The van der Waals surface area contributed by atoms with Crippen LogP contribution in [0.4, 0.5) is 10.1 Å². The number of hydrogen-bond acceptors (Lipinski definition) is 3. The number of benzene rings is 1. The zero-order valence-electron chi connectivity index (χ0n) is 10.0. The first kappa shape index (κ1) is 13.8. The van der Waals surface area contributed by atoms with E-state index in [2.05, 4.69) is 16.0 Å². The lowest BCUT2D eigenvalue weighted by molar-refractivity contribution is -0.127. The molecule has 1 aromatic rings. The van der Waals surface area contributed by atoms with E-state index >= 15 is 0 Å². The Bertz CT molecular complexity index is 510. The lowest BCUT2D eigenvalue weighted by Gasteiger charge is -2.22. The van der Waals surface area contributed by atoms with Gasteiger partial charge in [0.05, 0.1) is 17.5 Å². The first-order valence-corrected chi connectivity index (χ1v) is 6.20. The van der Waals surface area contributed by atoms with Gasteiger partial charge in [-0.3, -0.25) is 9.59 Å². The van der Waals surface area contributed by atoms with Crippen molar-refractivity contribution in [2.45, 2.75) is 12.5 Å². The topological polar surface area (TPSA) is 70.2 Å². The average molecular weight is 286 g/mol. The quantitative estimate of drug-likeness (QED) is 0.773. The first-order chi connectivity index (χ1) is 9.06. The molecule has 1 aliphatic rings. The molecule has 7 heteroatoms. The van der Waals surface area contributed by atoms with Crippen LogP contribution in [0.25, 0.3) is 0 Å². The summed E-state index contributed by atoms with van der Waals surface area (Å²) in [4.78, 5) is 23.2. The van der Waals surface area contributed by atoms with Crippen molar-refractivity contribution in [1.82, 2.24) is 10.6 Å². The van der Waals surface area contributed by atoms with E-state index in [0.29, 0.717) is 18.8 Å². The van der Waals surface area contributed by atoms with Crippen molar-refractivity contribution in [2.75, 3.05) is 18.4 Å². The molecule has 1 fully saturated rings. The first-order valence-electron chi connectivity index (χ1n) is 5.82. The SMILES string of the molecule is O=C(CC1NCCNC1=O)Nc1ccc(F)c(Cl)c1. The highest BCUT2D eigenvalue weighted by Crippen LogP contribution is 2.19. The van der Waals surface area contributed by atoms with E-state index < -0.39 is 11.9 Å². The van der Waals surface area contributed by atoms with Crippen LogP contribution >= 0.6 is 11.6 Å². The minimum absolute atomic E-state index is 0.0147. The van der Waals surface area contributed by atoms with Crippen LogP contribution in [0.1, 0.15) is 6.42 Å². The van der Waals surface area contributed by atoms with E-state index in [0.717, 1.165) is 0 Å². The third-order valence-electron chi connectivity index (χ3n) is 2.72. The van der Waals surface area contributed by atoms with Gasteiger partial charge >= 0.3 is 0 Å². The van der Waals surface area contributed by atoms with E-state index in [9.17, 15) is 14.0 Å². The average Bonchev–Trinajstić information content (AvgIpc) is 2.37. The standard InChI is InChI=1S/C12H13ClFN3O2/c13-8-5-7(1-2-9(8)14)17-11(18)6-10-12(19)16-4-3-15-10/h1-2,5,10,15H,3-4,6H2,(H,16,19)(H,17,18). The van der Waals surface area contributed by atoms with Crippen LogP contribution < -0.4 is 16.0 Å².